The summed E-state index contributed by atoms with van der Waals surface area (Å²) in [6.45, 7) is 0.413. The van der Waals surface area contributed by atoms with Gasteiger partial charge in [0.2, 0.25) is 5.78 Å². The molecule has 1 aromatic carbocycles. The molecule has 0 bridgehead atoms. The number of aliphatic hydroxyl groups is 1. The molecule has 2 rings (SSSR count). The Morgan fingerprint density at radius 2 is 1.55 bits per heavy atom. The van der Waals surface area contributed by atoms with Crippen LogP contribution in [0.15, 0.2) is 40.1 Å². The summed E-state index contributed by atoms with van der Waals surface area (Å²) in [6.07, 6.45) is -1.12. The first-order valence-electron chi connectivity index (χ1n) is 9.78. The van der Waals surface area contributed by atoms with Crippen molar-refractivity contribution in [3.63, 3.8) is 0 Å². The zero-order valence-corrected chi connectivity index (χ0v) is 18.0. The predicted molar refractivity (Wildman–Crippen MR) is 111 cm³/mol. The highest BCUT2D eigenvalue weighted by Crippen LogP contribution is 2.21. The van der Waals surface area contributed by atoms with Crippen LogP contribution in [0.5, 0.6) is 0 Å². The molecule has 0 radical (unpaired) electrons. The van der Waals surface area contributed by atoms with Crippen LogP contribution in [0.25, 0.3) is 6.08 Å². The topological polar surface area (TPSA) is 166 Å². The van der Waals surface area contributed by atoms with Gasteiger partial charge in [-0.15, -0.1) is 0 Å². The number of benzene rings is 1. The summed E-state index contributed by atoms with van der Waals surface area (Å²) in [5.74, 6) is -8.05. The van der Waals surface area contributed by atoms with E-state index in [0.717, 1.165) is 0 Å². The van der Waals surface area contributed by atoms with Crippen molar-refractivity contribution >= 4 is 41.1 Å². The second kappa shape index (κ2) is 11.1. The number of esters is 2. The van der Waals surface area contributed by atoms with E-state index in [1.807, 2.05) is 0 Å². The molecule has 11 heteroatoms. The number of methoxy groups -OCH3 is 1. The number of Topliss-reactive ketones (excluding diaryl/α,β-unsaturated/α-hetero) is 4. The SMILES string of the molecule is COC(=O)c1ccc(C=C(C)C(=O)OC2(O)CC(=O)CC(=O)CN=NCC(=O)CC2=O)cc1. The third kappa shape index (κ3) is 7.35. The second-order valence-electron chi connectivity index (χ2n) is 7.28. The van der Waals surface area contributed by atoms with E-state index in [0.29, 0.717) is 11.1 Å². The summed E-state index contributed by atoms with van der Waals surface area (Å²) in [5.41, 5.74) is 0.744. The molecule has 174 valence electrons. The normalized spacial score (nSPS) is 20.6. The molecule has 33 heavy (non-hydrogen) atoms. The summed E-state index contributed by atoms with van der Waals surface area (Å²) in [6, 6.07) is 6.00. The van der Waals surface area contributed by atoms with Gasteiger partial charge in [0, 0.05) is 5.57 Å². The molecule has 0 spiro atoms. The van der Waals surface area contributed by atoms with Crippen LogP contribution in [0.3, 0.4) is 0 Å². The van der Waals surface area contributed by atoms with Gasteiger partial charge in [0.25, 0.3) is 5.79 Å². The minimum absolute atomic E-state index is 0.0446. The zero-order valence-electron chi connectivity index (χ0n) is 18.0. The first kappa shape index (κ1) is 25.4. The van der Waals surface area contributed by atoms with Gasteiger partial charge in [-0.25, -0.2) is 9.59 Å². The van der Waals surface area contributed by atoms with E-state index in [9.17, 15) is 33.9 Å². The summed E-state index contributed by atoms with van der Waals surface area (Å²) in [4.78, 5) is 72.3. The molecule has 11 nitrogen and oxygen atoms in total. The van der Waals surface area contributed by atoms with Crippen LogP contribution in [-0.2, 0) is 33.4 Å². The Morgan fingerprint density at radius 1 is 0.970 bits per heavy atom. The highest BCUT2D eigenvalue weighted by Gasteiger charge is 2.43. The number of azo groups is 1. The minimum Gasteiger partial charge on any atom is -0.465 e. The average Bonchev–Trinajstić information content (AvgIpc) is 2.75. The number of rotatable bonds is 4. The Kier molecular flexibility index (Phi) is 8.57. The quantitative estimate of drug-likeness (QED) is 0.300. The Labute approximate surface area is 188 Å². The standard InChI is InChI=1S/C22H22N2O9/c1-13(7-14-3-5-15(6-4-14)21(30)32-2)20(29)33-22(31)10-16(25)8-17(26)11-23-24-12-18(27)9-19(22)28/h3-7,31H,8-12H2,1-2H3. The van der Waals surface area contributed by atoms with Crippen LogP contribution in [0.2, 0.25) is 0 Å². The number of carbonyl (C=O) groups is 6. The summed E-state index contributed by atoms with van der Waals surface area (Å²) in [7, 11) is 1.24. The van der Waals surface area contributed by atoms with Gasteiger partial charge >= 0.3 is 11.9 Å². The average molecular weight is 458 g/mol. The lowest BCUT2D eigenvalue weighted by Crippen LogP contribution is -2.46. The Morgan fingerprint density at radius 3 is 2.12 bits per heavy atom. The first-order chi connectivity index (χ1) is 15.5. The molecule has 1 aromatic rings. The number of nitrogens with zero attached hydrogens (tertiary/aromatic N) is 2. The third-order valence-electron chi connectivity index (χ3n) is 4.52. The highest BCUT2D eigenvalue weighted by atomic mass is 16.7. The minimum atomic E-state index is -2.93. The fourth-order valence-electron chi connectivity index (χ4n) is 2.80. The van der Waals surface area contributed by atoms with Crippen molar-refractivity contribution in [1.82, 2.24) is 0 Å². The molecule has 1 heterocycles. The van der Waals surface area contributed by atoms with Gasteiger partial charge in [-0.1, -0.05) is 12.1 Å². The molecule has 0 saturated heterocycles. The molecule has 0 fully saturated rings. The molecular formula is C22H22N2O9. The predicted octanol–water partition coefficient (Wildman–Crippen LogP) is 1.02. The molecule has 1 unspecified atom stereocenters. The van der Waals surface area contributed by atoms with Crippen LogP contribution in [0, 0.1) is 0 Å². The molecule has 0 saturated carbocycles. The molecule has 0 amide bonds. The van der Waals surface area contributed by atoms with E-state index >= 15 is 0 Å². The third-order valence-corrected chi connectivity index (χ3v) is 4.52. The summed E-state index contributed by atoms with van der Waals surface area (Å²) >= 11 is 0. The van der Waals surface area contributed by atoms with E-state index < -0.39 is 73.2 Å². The molecule has 1 N–H and O–H groups in total. The van der Waals surface area contributed by atoms with Crippen molar-refractivity contribution in [1.29, 1.82) is 0 Å². The summed E-state index contributed by atoms with van der Waals surface area (Å²) in [5, 5.41) is 17.6. The van der Waals surface area contributed by atoms with Gasteiger partial charge in [0.05, 0.1) is 31.9 Å². The Balaban J connectivity index is 2.23. The first-order valence-corrected chi connectivity index (χ1v) is 9.78. The van der Waals surface area contributed by atoms with E-state index in [1.165, 1.54) is 44.4 Å². The van der Waals surface area contributed by atoms with Crippen LogP contribution < -0.4 is 0 Å². The van der Waals surface area contributed by atoms with Gasteiger partial charge < -0.3 is 14.6 Å². The number of carbonyl (C=O) groups excluding carboxylic acids is 6. The number of hydrogen-bond acceptors (Lipinski definition) is 11. The van der Waals surface area contributed by atoms with Crippen molar-refractivity contribution in [2.45, 2.75) is 32.0 Å². The second-order valence-corrected chi connectivity index (χ2v) is 7.28. The maximum absolute atomic E-state index is 12.5. The van der Waals surface area contributed by atoms with Crippen molar-refractivity contribution < 1.29 is 43.3 Å². The van der Waals surface area contributed by atoms with E-state index in [2.05, 4.69) is 15.0 Å². The Hall–Kier alpha value is -3.86. The molecular weight excluding hydrogens is 436 g/mol. The van der Waals surface area contributed by atoms with Crippen molar-refractivity contribution in [3.8, 4) is 0 Å². The van der Waals surface area contributed by atoms with Crippen LogP contribution in [0.1, 0.15) is 42.1 Å². The van der Waals surface area contributed by atoms with Gasteiger partial charge in [0.1, 0.15) is 18.9 Å². The van der Waals surface area contributed by atoms with Crippen molar-refractivity contribution in [2.24, 2.45) is 10.2 Å². The molecule has 1 aliphatic heterocycles. The fraction of sp³-hybridized carbons (Fsp3) is 0.364. The largest absolute Gasteiger partial charge is 0.465 e. The molecule has 1 atom stereocenters. The maximum Gasteiger partial charge on any atom is 0.337 e. The van der Waals surface area contributed by atoms with Gasteiger partial charge in [-0.3, -0.25) is 19.2 Å². The molecule has 1 aliphatic rings. The van der Waals surface area contributed by atoms with Gasteiger partial charge in [0.15, 0.2) is 11.6 Å². The Bertz CT molecular complexity index is 1040. The van der Waals surface area contributed by atoms with E-state index in [1.54, 1.807) is 0 Å². The van der Waals surface area contributed by atoms with Crippen molar-refractivity contribution in [3.05, 3.63) is 41.0 Å². The lowest BCUT2D eigenvalue weighted by Gasteiger charge is -2.26. The van der Waals surface area contributed by atoms with E-state index in [-0.39, 0.29) is 5.57 Å². The van der Waals surface area contributed by atoms with Crippen LogP contribution in [-0.4, -0.2) is 66.2 Å². The lowest BCUT2D eigenvalue weighted by molar-refractivity contribution is -0.208. The number of ether oxygens (including phenoxy) is 2. The molecule has 0 aromatic heterocycles. The van der Waals surface area contributed by atoms with Crippen LogP contribution in [0.4, 0.5) is 0 Å². The van der Waals surface area contributed by atoms with E-state index in [4.69, 9.17) is 4.74 Å². The molecule has 0 aliphatic carbocycles. The fourth-order valence-corrected chi connectivity index (χ4v) is 2.80. The smallest absolute Gasteiger partial charge is 0.337 e. The highest BCUT2D eigenvalue weighted by molar-refractivity contribution is 6.08. The van der Waals surface area contributed by atoms with Crippen LogP contribution >= 0.6 is 0 Å². The van der Waals surface area contributed by atoms with Gasteiger partial charge in [-0.05, 0) is 30.7 Å². The van der Waals surface area contributed by atoms with Gasteiger partial charge in [-0.2, -0.15) is 10.2 Å². The number of hydrogen-bond donors (Lipinski definition) is 1. The number of ketones is 4. The summed E-state index contributed by atoms with van der Waals surface area (Å²) < 4.78 is 9.55. The zero-order chi connectivity index (χ0) is 24.6. The van der Waals surface area contributed by atoms with Crippen molar-refractivity contribution in [2.75, 3.05) is 20.2 Å². The maximum atomic E-state index is 12.5. The lowest BCUT2D eigenvalue weighted by atomic mass is 9.98. The monoisotopic (exact) mass is 458 g/mol.